The van der Waals surface area contributed by atoms with Gasteiger partial charge < -0.3 is 15.4 Å². The first kappa shape index (κ1) is 21.5. The van der Waals surface area contributed by atoms with Gasteiger partial charge in [0.25, 0.3) is 5.91 Å². The number of aryl methyl sites for hydroxylation is 1. The fourth-order valence-electron chi connectivity index (χ4n) is 2.73. The van der Waals surface area contributed by atoms with Crippen molar-refractivity contribution in [2.75, 3.05) is 12.4 Å². The van der Waals surface area contributed by atoms with Crippen LogP contribution in [0.4, 0.5) is 22.7 Å². The van der Waals surface area contributed by atoms with Gasteiger partial charge in [0.15, 0.2) is 5.13 Å². The van der Waals surface area contributed by atoms with Gasteiger partial charge in [0, 0.05) is 0 Å². The molecular weight excluding hydrogens is 426 g/mol. The number of fused-ring (bicyclic) bond motifs is 1. The summed E-state index contributed by atoms with van der Waals surface area (Å²) in [4.78, 5) is 28.8. The number of rotatable bonds is 5. The monoisotopic (exact) mass is 441 g/mol. The van der Waals surface area contributed by atoms with Crippen LogP contribution in [0.2, 0.25) is 0 Å². The third-order valence-corrected chi connectivity index (χ3v) is 5.19. The van der Waals surface area contributed by atoms with Gasteiger partial charge in [-0.2, -0.15) is 13.2 Å². The molecule has 0 fully saturated rings. The van der Waals surface area contributed by atoms with Crippen molar-refractivity contribution in [3.63, 3.8) is 0 Å². The number of para-hydroxylation sites is 1. The number of amides is 1. The number of hydrogen-bond acceptors (Lipinski definition) is 6. The van der Waals surface area contributed by atoms with E-state index in [0.717, 1.165) is 30.6 Å². The van der Waals surface area contributed by atoms with Gasteiger partial charge in [0.05, 0.1) is 22.9 Å². The second-order valence-electron chi connectivity index (χ2n) is 6.24. The summed E-state index contributed by atoms with van der Waals surface area (Å²) < 4.78 is 61.2. The van der Waals surface area contributed by atoms with Crippen LogP contribution in [-0.2, 0) is 9.53 Å². The van der Waals surface area contributed by atoms with E-state index in [1.165, 1.54) is 12.1 Å². The predicted molar refractivity (Wildman–Crippen MR) is 103 cm³/mol. The fraction of sp³-hybridized carbons (Fsp3) is 0.211. The van der Waals surface area contributed by atoms with E-state index in [0.29, 0.717) is 15.8 Å². The Kier molecular flexibility index (Phi) is 5.66. The number of carbonyl (C=O) groups is 2. The number of alkyl halides is 3. The second-order valence-corrected chi connectivity index (χ2v) is 7.27. The van der Waals surface area contributed by atoms with Crippen LogP contribution in [0.15, 0.2) is 42.5 Å². The van der Waals surface area contributed by atoms with Crippen molar-refractivity contribution in [2.24, 2.45) is 0 Å². The SMILES string of the molecule is COC(=O)[C@@](NC(=O)c1ccccc1F)(Nc1nc2c(C)cccc2s1)C(F)(F)F. The molecule has 0 unspecified atom stereocenters. The molecule has 30 heavy (non-hydrogen) atoms. The topological polar surface area (TPSA) is 80.3 Å². The van der Waals surface area contributed by atoms with E-state index in [1.54, 1.807) is 30.4 Å². The molecule has 0 aliphatic rings. The van der Waals surface area contributed by atoms with Gasteiger partial charge in [-0.25, -0.2) is 14.2 Å². The molecule has 0 aliphatic heterocycles. The molecule has 2 aromatic carbocycles. The van der Waals surface area contributed by atoms with Gasteiger partial charge in [-0.05, 0) is 30.7 Å². The number of nitrogens with one attached hydrogen (secondary N) is 2. The Morgan fingerprint density at radius 3 is 2.40 bits per heavy atom. The molecule has 0 radical (unpaired) electrons. The number of thiazole rings is 1. The zero-order valence-corrected chi connectivity index (χ0v) is 16.5. The normalized spacial score (nSPS) is 13.5. The quantitative estimate of drug-likeness (QED) is 0.355. The number of aromatic nitrogens is 1. The van der Waals surface area contributed by atoms with E-state index in [2.05, 4.69) is 9.72 Å². The highest BCUT2D eigenvalue weighted by Crippen LogP contribution is 2.36. The van der Waals surface area contributed by atoms with Gasteiger partial charge in [-0.3, -0.25) is 4.79 Å². The molecule has 3 rings (SSSR count). The van der Waals surface area contributed by atoms with Crippen molar-refractivity contribution in [2.45, 2.75) is 18.8 Å². The Morgan fingerprint density at radius 1 is 1.10 bits per heavy atom. The van der Waals surface area contributed by atoms with Crippen LogP contribution in [0, 0.1) is 12.7 Å². The van der Waals surface area contributed by atoms with Crippen LogP contribution in [0.3, 0.4) is 0 Å². The summed E-state index contributed by atoms with van der Waals surface area (Å²) in [6.45, 7) is 1.73. The highest BCUT2D eigenvalue weighted by Gasteiger charge is 2.64. The van der Waals surface area contributed by atoms with Crippen molar-refractivity contribution >= 4 is 38.6 Å². The summed E-state index contributed by atoms with van der Waals surface area (Å²) in [7, 11) is 0.738. The largest absolute Gasteiger partial charge is 0.466 e. The Morgan fingerprint density at radius 2 is 1.80 bits per heavy atom. The Hall–Kier alpha value is -3.21. The smallest absolute Gasteiger partial charge is 0.442 e. The lowest BCUT2D eigenvalue weighted by Crippen LogP contribution is -2.69. The minimum absolute atomic E-state index is 0.282. The van der Waals surface area contributed by atoms with Gasteiger partial charge in [-0.1, -0.05) is 35.6 Å². The Balaban J connectivity index is 2.08. The van der Waals surface area contributed by atoms with Crippen LogP contribution < -0.4 is 10.6 Å². The lowest BCUT2D eigenvalue weighted by molar-refractivity contribution is -0.203. The molecule has 0 saturated carbocycles. The number of nitrogens with zero attached hydrogens (tertiary/aromatic N) is 1. The minimum atomic E-state index is -5.35. The van der Waals surface area contributed by atoms with E-state index in [-0.39, 0.29) is 5.13 Å². The molecule has 0 aliphatic carbocycles. The maximum atomic E-state index is 14.1. The van der Waals surface area contributed by atoms with Gasteiger partial charge in [0.2, 0.25) is 0 Å². The van der Waals surface area contributed by atoms with Gasteiger partial charge in [0.1, 0.15) is 5.82 Å². The molecule has 158 valence electrons. The molecule has 11 heteroatoms. The summed E-state index contributed by atoms with van der Waals surface area (Å²) in [6.07, 6.45) is -5.35. The first-order chi connectivity index (χ1) is 14.1. The number of hydrogen-bond donors (Lipinski definition) is 2. The molecule has 1 heterocycles. The van der Waals surface area contributed by atoms with Crippen molar-refractivity contribution in [3.8, 4) is 0 Å². The zero-order chi connectivity index (χ0) is 22.1. The summed E-state index contributed by atoms with van der Waals surface area (Å²) in [5.74, 6) is -4.34. The van der Waals surface area contributed by atoms with Crippen molar-refractivity contribution < 1.29 is 31.9 Å². The lowest BCUT2D eigenvalue weighted by Gasteiger charge is -2.34. The van der Waals surface area contributed by atoms with Gasteiger partial charge >= 0.3 is 17.8 Å². The molecule has 0 spiro atoms. The number of esters is 1. The molecule has 1 atom stereocenters. The van der Waals surface area contributed by atoms with Crippen molar-refractivity contribution in [1.29, 1.82) is 0 Å². The molecule has 2 N–H and O–H groups in total. The molecule has 1 aromatic heterocycles. The Labute approximate surface area is 171 Å². The van der Waals surface area contributed by atoms with E-state index < -0.39 is 35.1 Å². The van der Waals surface area contributed by atoms with Crippen LogP contribution in [0.1, 0.15) is 15.9 Å². The number of ether oxygens (including phenoxy) is 1. The standard InChI is InChI=1S/C19H15F4N3O3S/c1-10-6-5-9-13-14(10)24-17(30-13)26-18(16(28)29-2,19(21,22)23)25-15(27)11-7-3-4-8-12(11)20/h3-9H,1-2H3,(H,24,26)(H,25,27)/t18-/m1/s1. The lowest BCUT2D eigenvalue weighted by atomic mass is 10.1. The molecule has 0 bridgehead atoms. The van der Waals surface area contributed by atoms with Crippen LogP contribution in [0.25, 0.3) is 10.2 Å². The average molecular weight is 441 g/mol. The minimum Gasteiger partial charge on any atom is -0.466 e. The number of benzene rings is 2. The van der Waals surface area contributed by atoms with Crippen LogP contribution in [-0.4, -0.2) is 35.8 Å². The number of methoxy groups -OCH3 is 1. The molecule has 1 amide bonds. The Bertz CT molecular complexity index is 1120. The number of carbonyl (C=O) groups excluding carboxylic acids is 2. The first-order valence-electron chi connectivity index (χ1n) is 8.45. The third-order valence-electron chi connectivity index (χ3n) is 4.25. The van der Waals surface area contributed by atoms with E-state index >= 15 is 0 Å². The zero-order valence-electron chi connectivity index (χ0n) is 15.6. The maximum absolute atomic E-state index is 14.1. The van der Waals surface area contributed by atoms with Gasteiger partial charge in [-0.15, -0.1) is 0 Å². The summed E-state index contributed by atoms with van der Waals surface area (Å²) >= 11 is 0.853. The summed E-state index contributed by atoms with van der Waals surface area (Å²) in [5, 5.41) is 3.25. The first-order valence-corrected chi connectivity index (χ1v) is 9.27. The molecule has 6 nitrogen and oxygen atoms in total. The summed E-state index contributed by atoms with van der Waals surface area (Å²) in [5.41, 5.74) is -3.21. The molecular formula is C19H15F4N3O3S. The maximum Gasteiger partial charge on any atom is 0.442 e. The van der Waals surface area contributed by atoms with E-state index in [4.69, 9.17) is 0 Å². The van der Waals surface area contributed by atoms with E-state index in [9.17, 15) is 27.2 Å². The van der Waals surface area contributed by atoms with Crippen LogP contribution >= 0.6 is 11.3 Å². The second kappa shape index (κ2) is 7.90. The van der Waals surface area contributed by atoms with Crippen molar-refractivity contribution in [1.82, 2.24) is 10.3 Å². The number of anilines is 1. The highest BCUT2D eigenvalue weighted by molar-refractivity contribution is 7.22. The fourth-order valence-corrected chi connectivity index (χ4v) is 3.73. The van der Waals surface area contributed by atoms with E-state index in [1.807, 2.05) is 5.32 Å². The summed E-state index contributed by atoms with van der Waals surface area (Å²) in [6, 6.07) is 9.52. The molecule has 0 saturated heterocycles. The van der Waals surface area contributed by atoms with Crippen molar-refractivity contribution in [3.05, 3.63) is 59.4 Å². The highest BCUT2D eigenvalue weighted by atomic mass is 32.1. The molecule has 3 aromatic rings. The third kappa shape index (κ3) is 3.80. The number of halogens is 4. The predicted octanol–water partition coefficient (Wildman–Crippen LogP) is 4.02. The average Bonchev–Trinajstić information content (AvgIpc) is 3.10. The van der Waals surface area contributed by atoms with Crippen LogP contribution in [0.5, 0.6) is 0 Å².